The van der Waals surface area contributed by atoms with Crippen molar-refractivity contribution in [3.05, 3.63) is 70.6 Å². The Morgan fingerprint density at radius 2 is 1.94 bits per heavy atom. The summed E-state index contributed by atoms with van der Waals surface area (Å²) in [5, 5.41) is 4.49. The van der Waals surface area contributed by atoms with Crippen LogP contribution in [0, 0.1) is 13.8 Å². The molecular weight excluding hydrogens is 454 g/mol. The van der Waals surface area contributed by atoms with Gasteiger partial charge in [-0.2, -0.15) is 9.78 Å². The Morgan fingerprint density at radius 1 is 1.17 bits per heavy atom. The Kier molecular flexibility index (Phi) is 6.22. The lowest BCUT2D eigenvalue weighted by atomic mass is 9.91. The number of nitrogens with zero attached hydrogens (tertiary/aromatic N) is 5. The number of ether oxygens (including phenoxy) is 1. The Labute approximate surface area is 212 Å². The molecule has 1 unspecified atom stereocenters. The quantitative estimate of drug-likeness (QED) is 0.519. The van der Waals surface area contributed by atoms with Crippen LogP contribution in [0.2, 0.25) is 0 Å². The highest BCUT2D eigenvalue weighted by atomic mass is 16.6. The molecular formula is C28H35N5O3. The fourth-order valence-corrected chi connectivity index (χ4v) is 5.18. The van der Waals surface area contributed by atoms with E-state index in [-0.39, 0.29) is 18.0 Å². The van der Waals surface area contributed by atoms with Crippen molar-refractivity contribution in [1.29, 1.82) is 0 Å². The lowest BCUT2D eigenvalue weighted by Crippen LogP contribution is -2.45. The molecule has 1 fully saturated rings. The van der Waals surface area contributed by atoms with Gasteiger partial charge < -0.3 is 14.2 Å². The van der Waals surface area contributed by atoms with Gasteiger partial charge in [-0.15, -0.1) is 0 Å². The van der Waals surface area contributed by atoms with Crippen LogP contribution in [0.15, 0.2) is 36.8 Å². The molecule has 0 radical (unpaired) electrons. The third-order valence-corrected chi connectivity index (χ3v) is 7.06. The molecule has 1 atom stereocenters. The first-order chi connectivity index (χ1) is 17.1. The van der Waals surface area contributed by atoms with E-state index in [4.69, 9.17) is 4.74 Å². The molecule has 8 nitrogen and oxygen atoms in total. The molecule has 8 heteroatoms. The first-order valence-electron chi connectivity index (χ1n) is 12.8. The first kappa shape index (κ1) is 24.3. The van der Waals surface area contributed by atoms with Crippen LogP contribution in [0.5, 0.6) is 0 Å². The van der Waals surface area contributed by atoms with E-state index in [0.717, 1.165) is 59.5 Å². The lowest BCUT2D eigenvalue weighted by Gasteiger charge is -2.34. The van der Waals surface area contributed by atoms with Crippen molar-refractivity contribution in [3.63, 3.8) is 0 Å². The van der Waals surface area contributed by atoms with E-state index in [0.29, 0.717) is 13.0 Å². The maximum absolute atomic E-state index is 14.0. The van der Waals surface area contributed by atoms with Gasteiger partial charge in [-0.3, -0.25) is 9.78 Å². The number of aromatic nitrogens is 4. The third kappa shape index (κ3) is 4.94. The zero-order chi connectivity index (χ0) is 25.6. The number of carbonyl (C=O) groups is 2. The van der Waals surface area contributed by atoms with E-state index in [1.807, 2.05) is 46.0 Å². The summed E-state index contributed by atoms with van der Waals surface area (Å²) in [4.78, 5) is 32.8. The fraction of sp³-hybridized carbons (Fsp3) is 0.500. The van der Waals surface area contributed by atoms with E-state index < -0.39 is 11.7 Å². The summed E-state index contributed by atoms with van der Waals surface area (Å²) >= 11 is 0. The van der Waals surface area contributed by atoms with Gasteiger partial charge >= 0.3 is 6.09 Å². The summed E-state index contributed by atoms with van der Waals surface area (Å²) in [7, 11) is 0. The van der Waals surface area contributed by atoms with E-state index in [1.54, 1.807) is 12.4 Å². The molecule has 3 heterocycles. The number of carbonyl (C=O) groups excluding carboxylic acids is 2. The highest BCUT2D eigenvalue weighted by Gasteiger charge is 2.40. The minimum Gasteiger partial charge on any atom is -0.442 e. The number of hydrogen-bond acceptors (Lipinski definition) is 5. The van der Waals surface area contributed by atoms with Crippen LogP contribution in [0.3, 0.4) is 0 Å². The van der Waals surface area contributed by atoms with Gasteiger partial charge in [0.05, 0.1) is 11.3 Å². The molecule has 3 aromatic rings. The highest BCUT2D eigenvalue weighted by Crippen LogP contribution is 2.35. The van der Waals surface area contributed by atoms with Crippen molar-refractivity contribution in [2.75, 3.05) is 0 Å². The molecule has 36 heavy (non-hydrogen) atoms. The summed E-state index contributed by atoms with van der Waals surface area (Å²) in [6.45, 7) is 10.3. The van der Waals surface area contributed by atoms with Gasteiger partial charge in [0.15, 0.2) is 0 Å². The summed E-state index contributed by atoms with van der Waals surface area (Å²) in [6, 6.07) is 6.40. The predicted molar refractivity (Wildman–Crippen MR) is 136 cm³/mol. The summed E-state index contributed by atoms with van der Waals surface area (Å²) < 4.78 is 8.99. The Hall–Kier alpha value is -3.42. The average Bonchev–Trinajstić information content (AvgIpc) is 3.49. The van der Waals surface area contributed by atoms with Gasteiger partial charge in [0.1, 0.15) is 5.60 Å². The third-order valence-electron chi connectivity index (χ3n) is 7.06. The maximum Gasteiger partial charge on any atom is 0.435 e. The number of pyridine rings is 1. The molecule has 1 amide bonds. The molecule has 1 saturated carbocycles. The second kappa shape index (κ2) is 9.22. The van der Waals surface area contributed by atoms with Crippen LogP contribution in [-0.2, 0) is 24.1 Å². The minimum absolute atomic E-state index is 0.0927. The number of amides is 1. The van der Waals surface area contributed by atoms with Crippen LogP contribution < -0.4 is 0 Å². The van der Waals surface area contributed by atoms with Crippen molar-refractivity contribution >= 4 is 12.0 Å². The average molecular weight is 490 g/mol. The zero-order valence-corrected chi connectivity index (χ0v) is 21.8. The van der Waals surface area contributed by atoms with Gasteiger partial charge in [-0.1, -0.05) is 6.07 Å². The molecule has 0 aliphatic heterocycles. The van der Waals surface area contributed by atoms with Crippen molar-refractivity contribution in [2.45, 2.75) is 91.0 Å². The monoisotopic (exact) mass is 489 g/mol. The van der Waals surface area contributed by atoms with Gasteiger partial charge in [0, 0.05) is 48.6 Å². The van der Waals surface area contributed by atoms with Gasteiger partial charge in [0.2, 0.25) is 0 Å². The maximum atomic E-state index is 14.0. The predicted octanol–water partition coefficient (Wildman–Crippen LogP) is 4.69. The minimum atomic E-state index is -0.579. The summed E-state index contributed by atoms with van der Waals surface area (Å²) in [5.41, 5.74) is 5.32. The molecule has 0 saturated heterocycles. The van der Waals surface area contributed by atoms with Crippen LogP contribution >= 0.6 is 0 Å². The van der Waals surface area contributed by atoms with E-state index in [9.17, 15) is 9.59 Å². The van der Waals surface area contributed by atoms with Crippen molar-refractivity contribution in [2.24, 2.45) is 0 Å². The Bertz CT molecular complexity index is 1280. The van der Waals surface area contributed by atoms with Crippen molar-refractivity contribution in [3.8, 4) is 0 Å². The molecule has 0 bridgehead atoms. The van der Waals surface area contributed by atoms with Gasteiger partial charge in [-0.05, 0) is 90.0 Å². The molecule has 3 aromatic heterocycles. The first-order valence-corrected chi connectivity index (χ1v) is 12.8. The van der Waals surface area contributed by atoms with Crippen molar-refractivity contribution in [1.82, 2.24) is 24.2 Å². The van der Waals surface area contributed by atoms with E-state index in [1.165, 1.54) is 4.68 Å². The fourth-order valence-electron chi connectivity index (χ4n) is 5.18. The summed E-state index contributed by atoms with van der Waals surface area (Å²) in [6.07, 6.45) is 9.33. The Balaban J connectivity index is 1.36. The molecule has 0 N–H and O–H groups in total. The van der Waals surface area contributed by atoms with Crippen LogP contribution in [-0.4, -0.2) is 53.9 Å². The van der Waals surface area contributed by atoms with Crippen LogP contribution in [0.25, 0.3) is 0 Å². The van der Waals surface area contributed by atoms with E-state index >= 15 is 0 Å². The largest absolute Gasteiger partial charge is 0.442 e. The number of aryl methyl sites for hydroxylation is 2. The van der Waals surface area contributed by atoms with Gasteiger partial charge in [-0.25, -0.2) is 4.79 Å². The second-order valence-corrected chi connectivity index (χ2v) is 11.1. The molecule has 5 rings (SSSR count). The molecule has 190 valence electrons. The highest BCUT2D eigenvalue weighted by molar-refractivity contribution is 5.96. The second-order valence-electron chi connectivity index (χ2n) is 11.1. The smallest absolute Gasteiger partial charge is 0.435 e. The SMILES string of the molecule is Cc1cc(C(=O)N(C2CC2)C2CCc3nn(C(=O)OC(C)(C)C)cc3C2)c(C)n1Cc1cccnc1. The zero-order valence-electron chi connectivity index (χ0n) is 21.8. The number of hydrogen-bond donors (Lipinski definition) is 0. The molecule has 0 aromatic carbocycles. The number of rotatable bonds is 5. The lowest BCUT2D eigenvalue weighted by molar-refractivity contribution is 0.0513. The molecule has 2 aliphatic rings. The molecule has 2 aliphatic carbocycles. The van der Waals surface area contributed by atoms with Crippen molar-refractivity contribution < 1.29 is 14.3 Å². The number of fused-ring (bicyclic) bond motifs is 1. The summed E-state index contributed by atoms with van der Waals surface area (Å²) in [5.74, 6) is 0.107. The Morgan fingerprint density at radius 3 is 2.61 bits per heavy atom. The van der Waals surface area contributed by atoms with Crippen LogP contribution in [0.1, 0.15) is 78.6 Å². The van der Waals surface area contributed by atoms with E-state index in [2.05, 4.69) is 32.5 Å². The van der Waals surface area contributed by atoms with Gasteiger partial charge in [0.25, 0.3) is 5.91 Å². The molecule has 0 spiro atoms. The topological polar surface area (TPSA) is 82.3 Å². The van der Waals surface area contributed by atoms with Crippen LogP contribution in [0.4, 0.5) is 4.79 Å². The standard InChI is InChI=1S/C28H35N5O3/c1-18-13-24(19(2)31(18)16-20-7-6-12-29-15-20)26(34)33(22-8-9-22)23-10-11-25-21(14-23)17-32(30-25)27(35)36-28(3,4)5/h6-7,12-13,15,17,22-23H,8-11,14,16H2,1-5H3. The normalized spacial score (nSPS) is 17.5.